The molecule has 1 aromatic carbocycles. The van der Waals surface area contributed by atoms with E-state index in [1.165, 1.54) is 0 Å². The van der Waals surface area contributed by atoms with Gasteiger partial charge in [0.2, 0.25) is 5.95 Å². The number of carbonyl (C=O) groups is 1. The molecule has 13 heteroatoms. The lowest BCUT2D eigenvalue weighted by molar-refractivity contribution is 0.0685. The topological polar surface area (TPSA) is 125 Å². The molecule has 0 atom stereocenters. The van der Waals surface area contributed by atoms with Crippen molar-refractivity contribution in [2.45, 2.75) is 25.4 Å². The van der Waals surface area contributed by atoms with Crippen molar-refractivity contribution < 1.29 is 4.79 Å². The number of fused-ring (bicyclic) bond motifs is 1. The summed E-state index contributed by atoms with van der Waals surface area (Å²) < 4.78 is 1.72. The maximum absolute atomic E-state index is 12.9. The summed E-state index contributed by atoms with van der Waals surface area (Å²) in [6.45, 7) is 1.54. The van der Waals surface area contributed by atoms with Crippen molar-refractivity contribution in [3.8, 4) is 0 Å². The van der Waals surface area contributed by atoms with E-state index in [0.717, 1.165) is 5.56 Å². The second-order valence-corrected chi connectivity index (χ2v) is 8.64. The molecule has 3 N–H and O–H groups in total. The van der Waals surface area contributed by atoms with Crippen molar-refractivity contribution in [2.75, 3.05) is 18.4 Å². The number of carbonyl (C=O) groups excluding carboxylic acids is 1. The molecule has 0 spiro atoms. The van der Waals surface area contributed by atoms with Crippen LogP contribution < -0.4 is 10.9 Å². The molecule has 178 valence electrons. The van der Waals surface area contributed by atoms with Gasteiger partial charge in [0.15, 0.2) is 5.52 Å². The molecule has 1 aliphatic heterocycles. The maximum atomic E-state index is 12.9. The molecule has 0 unspecified atom stereocenters. The summed E-state index contributed by atoms with van der Waals surface area (Å²) >= 11 is 12.0. The molecule has 0 saturated carbocycles. The summed E-state index contributed by atoms with van der Waals surface area (Å²) in [5.74, 6) is 0.245. The normalized spacial score (nSPS) is 14.2. The standard InChI is InChI=1S/C21H20Cl2N8O2.ClH/c22-14-2-1-12(9-15(14)23)10-24-21-27-17-11-26-31(18(17)19(32)28-21)13-4-7-30(8-5-13)20(33)16-3-6-25-29-16;/h1-3,6,9,11,13H,4-5,7-8,10H2,(H,25,29)(H2,24,27,28,32);1H. The summed E-state index contributed by atoms with van der Waals surface area (Å²) in [7, 11) is 0. The third-order valence-corrected chi connectivity index (χ3v) is 6.46. The van der Waals surface area contributed by atoms with Crippen LogP contribution in [0.5, 0.6) is 0 Å². The van der Waals surface area contributed by atoms with Crippen molar-refractivity contribution >= 4 is 58.5 Å². The predicted molar refractivity (Wildman–Crippen MR) is 132 cm³/mol. The monoisotopic (exact) mass is 522 g/mol. The first-order valence-electron chi connectivity index (χ1n) is 10.4. The summed E-state index contributed by atoms with van der Waals surface area (Å²) in [6.07, 6.45) is 4.59. The van der Waals surface area contributed by atoms with E-state index in [2.05, 4.69) is 30.6 Å². The molecule has 4 aromatic rings. The van der Waals surface area contributed by atoms with Gasteiger partial charge in [0.05, 0.1) is 22.3 Å². The van der Waals surface area contributed by atoms with Gasteiger partial charge in [-0.15, -0.1) is 12.4 Å². The van der Waals surface area contributed by atoms with Crippen LogP contribution in [0.25, 0.3) is 11.0 Å². The lowest BCUT2D eigenvalue weighted by atomic mass is 10.0. The third kappa shape index (κ3) is 4.75. The van der Waals surface area contributed by atoms with Crippen LogP contribution in [0.3, 0.4) is 0 Å². The highest BCUT2D eigenvalue weighted by Gasteiger charge is 2.27. The van der Waals surface area contributed by atoms with Crippen molar-refractivity contribution in [3.63, 3.8) is 0 Å². The first-order chi connectivity index (χ1) is 16.0. The van der Waals surface area contributed by atoms with Crippen molar-refractivity contribution in [1.29, 1.82) is 0 Å². The van der Waals surface area contributed by atoms with Crippen LogP contribution in [-0.4, -0.2) is 53.8 Å². The predicted octanol–water partition coefficient (Wildman–Crippen LogP) is 3.66. The number of hydrogen-bond donors (Lipinski definition) is 3. The number of anilines is 1. The highest BCUT2D eigenvalue weighted by atomic mass is 35.5. The van der Waals surface area contributed by atoms with E-state index in [9.17, 15) is 9.59 Å². The summed E-state index contributed by atoms with van der Waals surface area (Å²) in [6, 6.07) is 6.99. The number of hydrogen-bond acceptors (Lipinski definition) is 6. The van der Waals surface area contributed by atoms with E-state index >= 15 is 0 Å². The minimum absolute atomic E-state index is 0. The first kappa shape index (κ1) is 24.1. The van der Waals surface area contributed by atoms with Crippen LogP contribution in [0, 0.1) is 0 Å². The van der Waals surface area contributed by atoms with E-state index in [0.29, 0.717) is 65.2 Å². The van der Waals surface area contributed by atoms with E-state index in [-0.39, 0.29) is 29.9 Å². The highest BCUT2D eigenvalue weighted by Crippen LogP contribution is 2.26. The largest absolute Gasteiger partial charge is 0.352 e. The lowest BCUT2D eigenvalue weighted by Crippen LogP contribution is -2.39. The Hall–Kier alpha value is -3.08. The number of nitrogens with zero attached hydrogens (tertiary/aromatic N) is 5. The van der Waals surface area contributed by atoms with Gasteiger partial charge in [0.1, 0.15) is 11.2 Å². The minimum atomic E-state index is -0.274. The highest BCUT2D eigenvalue weighted by molar-refractivity contribution is 6.42. The van der Waals surface area contributed by atoms with E-state index in [4.69, 9.17) is 23.2 Å². The summed E-state index contributed by atoms with van der Waals surface area (Å²) in [5, 5.41) is 15.1. The maximum Gasteiger partial charge on any atom is 0.278 e. The fraction of sp³-hybridized carbons (Fsp3) is 0.286. The first-order valence-corrected chi connectivity index (χ1v) is 11.2. The number of nitrogens with one attached hydrogen (secondary N) is 3. The molecule has 5 rings (SSSR count). The van der Waals surface area contributed by atoms with Crippen molar-refractivity contribution in [3.05, 3.63) is 68.3 Å². The SMILES string of the molecule is Cl.O=C(c1cc[nH]n1)N1CCC(n2ncc3nc(NCc4ccc(Cl)c(Cl)c4)[nH]c(=O)c32)CC1. The average Bonchev–Trinajstić information content (AvgIpc) is 3.50. The number of benzene rings is 1. The van der Waals surface area contributed by atoms with Gasteiger partial charge >= 0.3 is 0 Å². The molecular weight excluding hydrogens is 503 g/mol. The Kier molecular flexibility index (Phi) is 7.11. The summed E-state index contributed by atoms with van der Waals surface area (Å²) in [4.78, 5) is 34.4. The van der Waals surface area contributed by atoms with Gasteiger partial charge < -0.3 is 10.2 Å². The number of amides is 1. The molecule has 4 heterocycles. The van der Waals surface area contributed by atoms with Gasteiger partial charge in [-0.05, 0) is 36.6 Å². The molecule has 1 saturated heterocycles. The van der Waals surface area contributed by atoms with Gasteiger partial charge in [-0.3, -0.25) is 24.4 Å². The molecule has 0 radical (unpaired) electrons. The molecule has 0 bridgehead atoms. The van der Waals surface area contributed by atoms with Crippen LogP contribution in [0.4, 0.5) is 5.95 Å². The molecule has 0 aliphatic carbocycles. The number of rotatable bonds is 5. The Morgan fingerprint density at radius 2 is 1.97 bits per heavy atom. The Morgan fingerprint density at radius 1 is 1.18 bits per heavy atom. The van der Waals surface area contributed by atoms with Crippen LogP contribution >= 0.6 is 35.6 Å². The molecule has 1 fully saturated rings. The fourth-order valence-electron chi connectivity index (χ4n) is 4.02. The molecule has 34 heavy (non-hydrogen) atoms. The number of halogens is 3. The zero-order valence-electron chi connectivity index (χ0n) is 17.8. The van der Waals surface area contributed by atoms with Crippen LogP contribution in [0.15, 0.2) is 41.5 Å². The average molecular weight is 524 g/mol. The number of aromatic nitrogens is 6. The molecule has 1 aliphatic rings. The zero-order valence-corrected chi connectivity index (χ0v) is 20.1. The van der Waals surface area contributed by atoms with Gasteiger partial charge in [0.25, 0.3) is 11.5 Å². The molecule has 1 amide bonds. The van der Waals surface area contributed by atoms with Crippen LogP contribution in [-0.2, 0) is 6.54 Å². The van der Waals surface area contributed by atoms with Crippen molar-refractivity contribution in [1.82, 2.24) is 34.8 Å². The third-order valence-electron chi connectivity index (χ3n) is 5.72. The molecule has 10 nitrogen and oxygen atoms in total. The Balaban J connectivity index is 0.00000274. The number of likely N-dealkylation sites (tertiary alicyclic amines) is 1. The van der Waals surface area contributed by atoms with Crippen LogP contribution in [0.2, 0.25) is 10.0 Å². The lowest BCUT2D eigenvalue weighted by Gasteiger charge is -2.31. The fourth-order valence-corrected chi connectivity index (χ4v) is 4.34. The Bertz CT molecular complexity index is 1360. The minimum Gasteiger partial charge on any atom is -0.352 e. The quantitative estimate of drug-likeness (QED) is 0.367. The zero-order chi connectivity index (χ0) is 22.9. The smallest absolute Gasteiger partial charge is 0.278 e. The van der Waals surface area contributed by atoms with Gasteiger partial charge in [-0.2, -0.15) is 10.2 Å². The second kappa shape index (κ2) is 10.0. The Morgan fingerprint density at radius 3 is 2.68 bits per heavy atom. The Labute approximate surface area is 210 Å². The number of H-pyrrole nitrogens is 2. The van der Waals surface area contributed by atoms with Crippen molar-refractivity contribution in [2.24, 2.45) is 0 Å². The molecular formula is C21H21Cl3N8O2. The van der Waals surface area contributed by atoms with Gasteiger partial charge in [-0.25, -0.2) is 4.98 Å². The van der Waals surface area contributed by atoms with Gasteiger partial charge in [-0.1, -0.05) is 29.3 Å². The number of aromatic amines is 2. The van der Waals surface area contributed by atoms with E-state index < -0.39 is 0 Å². The molecule has 3 aromatic heterocycles. The number of piperidine rings is 1. The summed E-state index contributed by atoms with van der Waals surface area (Å²) in [5.41, 5.74) is 1.96. The van der Waals surface area contributed by atoms with Crippen LogP contribution in [0.1, 0.15) is 34.9 Å². The second-order valence-electron chi connectivity index (χ2n) is 7.82. The van der Waals surface area contributed by atoms with E-state index in [1.54, 1.807) is 40.2 Å². The van der Waals surface area contributed by atoms with E-state index in [1.807, 2.05) is 6.07 Å². The van der Waals surface area contributed by atoms with Gasteiger partial charge in [0, 0.05) is 25.8 Å².